The van der Waals surface area contributed by atoms with Crippen molar-refractivity contribution in [2.75, 3.05) is 11.9 Å². The van der Waals surface area contributed by atoms with E-state index in [0.717, 1.165) is 27.8 Å². The lowest BCUT2D eigenvalue weighted by atomic mass is 9.77. The summed E-state index contributed by atoms with van der Waals surface area (Å²) < 4.78 is 1.14. The van der Waals surface area contributed by atoms with Crippen LogP contribution in [0.5, 0.6) is 0 Å². The highest BCUT2D eigenvalue weighted by atomic mass is 32.1. The minimum Gasteiger partial charge on any atom is -0.325 e. The summed E-state index contributed by atoms with van der Waals surface area (Å²) in [4.78, 5) is 38.5. The van der Waals surface area contributed by atoms with Crippen molar-refractivity contribution in [2.24, 2.45) is 5.92 Å². The first-order chi connectivity index (χ1) is 12.5. The molecule has 4 rings (SSSR count). The number of nitrogens with zero attached hydrogens (tertiary/aromatic N) is 1. The summed E-state index contributed by atoms with van der Waals surface area (Å²) in [6.07, 6.45) is 3.11. The standard InChI is InChI=1S/C19H21N3O3S/c1-12-4-7-19(8-5-12)17(24)22(18(25)21-19)11-16(23)20-14-2-3-15-13(10-14)6-9-26-15/h2-3,6,9-10,12H,4-5,7-8,11H2,1H3,(H,20,23)(H,21,25). The van der Waals surface area contributed by atoms with E-state index in [2.05, 4.69) is 17.6 Å². The lowest BCUT2D eigenvalue weighted by molar-refractivity contribution is -0.135. The number of carbonyl (C=O) groups excluding carboxylic acids is 3. The van der Waals surface area contributed by atoms with Crippen molar-refractivity contribution in [1.82, 2.24) is 10.2 Å². The van der Waals surface area contributed by atoms with Crippen LogP contribution in [0.2, 0.25) is 0 Å². The fraction of sp³-hybridized carbons (Fsp3) is 0.421. The van der Waals surface area contributed by atoms with Crippen molar-refractivity contribution >= 4 is 45.0 Å². The Morgan fingerprint density at radius 2 is 2.08 bits per heavy atom. The van der Waals surface area contributed by atoms with Crippen molar-refractivity contribution in [3.63, 3.8) is 0 Å². The number of anilines is 1. The van der Waals surface area contributed by atoms with Crippen LogP contribution in [0, 0.1) is 5.92 Å². The molecule has 2 N–H and O–H groups in total. The third-order valence-corrected chi connectivity index (χ3v) is 6.31. The quantitative estimate of drug-likeness (QED) is 0.812. The van der Waals surface area contributed by atoms with Gasteiger partial charge in [-0.05, 0) is 66.6 Å². The van der Waals surface area contributed by atoms with Crippen LogP contribution in [0.15, 0.2) is 29.6 Å². The zero-order chi connectivity index (χ0) is 18.3. The van der Waals surface area contributed by atoms with Gasteiger partial charge >= 0.3 is 6.03 Å². The van der Waals surface area contributed by atoms with E-state index in [1.165, 1.54) is 0 Å². The minimum atomic E-state index is -0.806. The molecule has 1 aliphatic heterocycles. The third kappa shape index (κ3) is 2.96. The molecule has 4 amide bonds. The molecule has 2 fully saturated rings. The predicted molar refractivity (Wildman–Crippen MR) is 101 cm³/mol. The van der Waals surface area contributed by atoms with Crippen LogP contribution in [0.25, 0.3) is 10.1 Å². The Hall–Kier alpha value is -2.41. The first kappa shape index (κ1) is 17.0. The highest BCUT2D eigenvalue weighted by Crippen LogP contribution is 2.36. The van der Waals surface area contributed by atoms with Gasteiger partial charge in [0.05, 0.1) is 0 Å². The lowest BCUT2D eigenvalue weighted by Gasteiger charge is -2.33. The van der Waals surface area contributed by atoms with Crippen molar-refractivity contribution in [3.05, 3.63) is 29.6 Å². The normalized spacial score (nSPS) is 25.7. The number of amides is 4. The molecule has 2 aromatic rings. The number of rotatable bonds is 3. The molecule has 1 aliphatic carbocycles. The molecule has 0 radical (unpaired) electrons. The Balaban J connectivity index is 1.43. The van der Waals surface area contributed by atoms with Crippen molar-refractivity contribution in [1.29, 1.82) is 0 Å². The molecule has 7 heteroatoms. The van der Waals surface area contributed by atoms with Crippen LogP contribution in [0.1, 0.15) is 32.6 Å². The van der Waals surface area contributed by atoms with Crippen LogP contribution < -0.4 is 10.6 Å². The minimum absolute atomic E-state index is 0.260. The van der Waals surface area contributed by atoms with Crippen LogP contribution in [0.3, 0.4) is 0 Å². The molecule has 0 atom stereocenters. The highest BCUT2D eigenvalue weighted by Gasteiger charge is 2.52. The molecule has 1 saturated carbocycles. The lowest BCUT2D eigenvalue weighted by Crippen LogP contribution is -2.49. The summed E-state index contributed by atoms with van der Waals surface area (Å²) in [5.41, 5.74) is -0.145. The average Bonchev–Trinajstić information content (AvgIpc) is 3.16. The Morgan fingerprint density at radius 3 is 2.85 bits per heavy atom. The van der Waals surface area contributed by atoms with Gasteiger partial charge in [-0.2, -0.15) is 0 Å². The number of fused-ring (bicyclic) bond motifs is 1. The van der Waals surface area contributed by atoms with Crippen LogP contribution >= 0.6 is 11.3 Å². The maximum absolute atomic E-state index is 12.8. The van der Waals surface area contributed by atoms with Crippen LogP contribution in [0.4, 0.5) is 10.5 Å². The monoisotopic (exact) mass is 371 g/mol. The van der Waals surface area contributed by atoms with Crippen molar-refractivity contribution in [2.45, 2.75) is 38.1 Å². The summed E-state index contributed by atoms with van der Waals surface area (Å²) >= 11 is 1.64. The number of hydrogen-bond donors (Lipinski definition) is 2. The van der Waals surface area contributed by atoms with E-state index in [9.17, 15) is 14.4 Å². The molecule has 6 nitrogen and oxygen atoms in total. The Bertz CT molecular complexity index is 883. The summed E-state index contributed by atoms with van der Waals surface area (Å²) in [5, 5.41) is 8.67. The number of hydrogen-bond acceptors (Lipinski definition) is 4. The van der Waals surface area contributed by atoms with Crippen molar-refractivity contribution in [3.8, 4) is 0 Å². The van der Waals surface area contributed by atoms with Crippen LogP contribution in [-0.2, 0) is 9.59 Å². The zero-order valence-corrected chi connectivity index (χ0v) is 15.4. The van der Waals surface area contributed by atoms with Gasteiger partial charge in [0.25, 0.3) is 5.91 Å². The van der Waals surface area contributed by atoms with E-state index in [-0.39, 0.29) is 18.4 Å². The van der Waals surface area contributed by atoms with E-state index >= 15 is 0 Å². The van der Waals surface area contributed by atoms with Gasteiger partial charge in [-0.1, -0.05) is 6.92 Å². The third-order valence-electron chi connectivity index (χ3n) is 5.41. The van der Waals surface area contributed by atoms with Gasteiger partial charge in [0.2, 0.25) is 5.91 Å². The predicted octanol–water partition coefficient (Wildman–Crippen LogP) is 3.34. The van der Waals surface area contributed by atoms with Gasteiger partial charge in [0, 0.05) is 10.4 Å². The van der Waals surface area contributed by atoms with E-state index in [0.29, 0.717) is 24.4 Å². The number of carbonyl (C=O) groups is 3. The zero-order valence-electron chi connectivity index (χ0n) is 14.6. The number of imide groups is 1. The topological polar surface area (TPSA) is 78.5 Å². The number of nitrogens with one attached hydrogen (secondary N) is 2. The van der Waals surface area contributed by atoms with Gasteiger partial charge in [0.1, 0.15) is 12.1 Å². The fourth-order valence-electron chi connectivity index (χ4n) is 3.80. The maximum atomic E-state index is 12.8. The molecule has 2 aliphatic rings. The fourth-order valence-corrected chi connectivity index (χ4v) is 4.57. The van der Waals surface area contributed by atoms with E-state index in [4.69, 9.17) is 0 Å². The highest BCUT2D eigenvalue weighted by molar-refractivity contribution is 7.17. The second-order valence-corrected chi connectivity index (χ2v) is 8.26. The van der Waals surface area contributed by atoms with E-state index < -0.39 is 11.6 Å². The summed E-state index contributed by atoms with van der Waals surface area (Å²) in [5.74, 6) is -0.0724. The molecule has 1 saturated heterocycles. The molecule has 26 heavy (non-hydrogen) atoms. The smallest absolute Gasteiger partial charge is 0.325 e. The molecule has 2 heterocycles. The summed E-state index contributed by atoms with van der Waals surface area (Å²) in [6, 6.07) is 7.18. The van der Waals surface area contributed by atoms with Gasteiger partial charge in [-0.25, -0.2) is 4.79 Å². The largest absolute Gasteiger partial charge is 0.325 e. The maximum Gasteiger partial charge on any atom is 0.325 e. The van der Waals surface area contributed by atoms with Gasteiger partial charge in [0.15, 0.2) is 0 Å². The molecule has 1 spiro atoms. The first-order valence-electron chi connectivity index (χ1n) is 8.88. The van der Waals surface area contributed by atoms with E-state index in [1.54, 1.807) is 11.3 Å². The van der Waals surface area contributed by atoms with Crippen molar-refractivity contribution < 1.29 is 14.4 Å². The molecular weight excluding hydrogens is 350 g/mol. The number of benzene rings is 1. The molecule has 0 unspecified atom stereocenters. The number of urea groups is 1. The second kappa shape index (κ2) is 6.39. The van der Waals surface area contributed by atoms with Crippen LogP contribution in [-0.4, -0.2) is 34.8 Å². The molecule has 1 aromatic heterocycles. The van der Waals surface area contributed by atoms with Gasteiger partial charge in [-0.3, -0.25) is 14.5 Å². The average molecular weight is 371 g/mol. The molecular formula is C19H21N3O3S. The second-order valence-electron chi connectivity index (χ2n) is 7.31. The van der Waals surface area contributed by atoms with Gasteiger partial charge < -0.3 is 10.6 Å². The first-order valence-corrected chi connectivity index (χ1v) is 9.76. The van der Waals surface area contributed by atoms with E-state index in [1.807, 2.05) is 29.6 Å². The molecule has 1 aromatic carbocycles. The Labute approximate surface area is 155 Å². The SMILES string of the molecule is CC1CCC2(CC1)NC(=O)N(CC(=O)Nc1ccc3sccc3c1)C2=O. The summed E-state index contributed by atoms with van der Waals surface area (Å²) in [6.45, 7) is 1.90. The molecule has 136 valence electrons. The number of thiophene rings is 1. The molecule has 0 bridgehead atoms. The Kier molecular flexibility index (Phi) is 4.19. The summed E-state index contributed by atoms with van der Waals surface area (Å²) in [7, 11) is 0. The Morgan fingerprint density at radius 1 is 1.31 bits per heavy atom. The van der Waals surface area contributed by atoms with Gasteiger partial charge in [-0.15, -0.1) is 11.3 Å².